The molecule has 2 heterocycles. The fourth-order valence-corrected chi connectivity index (χ4v) is 2.44. The minimum absolute atomic E-state index is 0.202. The van der Waals surface area contributed by atoms with E-state index in [2.05, 4.69) is 4.99 Å². The zero-order chi connectivity index (χ0) is 11.1. The van der Waals surface area contributed by atoms with E-state index in [1.165, 1.54) is 4.90 Å². The third-order valence-electron chi connectivity index (χ3n) is 3.25. The molecule has 0 spiro atoms. The van der Waals surface area contributed by atoms with Gasteiger partial charge in [-0.1, -0.05) is 18.2 Å². The second kappa shape index (κ2) is 3.33. The molecular formula is C12H12N2O2. The van der Waals surface area contributed by atoms with Gasteiger partial charge in [0.05, 0.1) is 11.4 Å². The summed E-state index contributed by atoms with van der Waals surface area (Å²) >= 11 is 0. The normalized spacial score (nSPS) is 22.4. The maximum atomic E-state index is 10.9. The van der Waals surface area contributed by atoms with Crippen LogP contribution in [0.25, 0.3) is 5.57 Å². The van der Waals surface area contributed by atoms with Crippen molar-refractivity contribution in [2.24, 2.45) is 4.99 Å². The highest BCUT2D eigenvalue weighted by Crippen LogP contribution is 2.20. The lowest BCUT2D eigenvalue weighted by molar-refractivity contribution is 0.146. The molecule has 1 atom stereocenters. The predicted octanol–water partition coefficient (Wildman–Crippen LogP) is 0.223. The van der Waals surface area contributed by atoms with Crippen LogP contribution in [0.1, 0.15) is 6.42 Å². The van der Waals surface area contributed by atoms with Crippen LogP contribution in [0, 0.1) is 0 Å². The van der Waals surface area contributed by atoms with Crippen molar-refractivity contribution in [2.45, 2.75) is 12.5 Å². The van der Waals surface area contributed by atoms with Gasteiger partial charge in [0.2, 0.25) is 0 Å². The van der Waals surface area contributed by atoms with Crippen LogP contribution in [0.3, 0.4) is 0 Å². The molecule has 3 rings (SSSR count). The Kier molecular flexibility index (Phi) is 1.96. The Balaban J connectivity index is 2.09. The smallest absolute Gasteiger partial charge is 0.407 e. The first-order chi connectivity index (χ1) is 7.75. The van der Waals surface area contributed by atoms with Gasteiger partial charge in [0, 0.05) is 18.3 Å². The summed E-state index contributed by atoms with van der Waals surface area (Å²) in [5.74, 6) is 0. The molecule has 2 aliphatic heterocycles. The van der Waals surface area contributed by atoms with Crippen molar-refractivity contribution in [1.29, 1.82) is 0 Å². The van der Waals surface area contributed by atoms with Crippen LogP contribution in [0.5, 0.6) is 0 Å². The van der Waals surface area contributed by atoms with Crippen LogP contribution in [-0.2, 0) is 0 Å². The number of fused-ring (bicyclic) bond motifs is 2. The molecule has 2 aliphatic rings. The molecular weight excluding hydrogens is 204 g/mol. The number of benzene rings is 1. The van der Waals surface area contributed by atoms with Crippen molar-refractivity contribution in [3.05, 3.63) is 34.8 Å². The quantitative estimate of drug-likeness (QED) is 0.674. The van der Waals surface area contributed by atoms with Crippen LogP contribution in [0.4, 0.5) is 4.79 Å². The highest BCUT2D eigenvalue weighted by molar-refractivity contribution is 5.69. The van der Waals surface area contributed by atoms with Crippen LogP contribution in [0.15, 0.2) is 29.3 Å². The highest BCUT2D eigenvalue weighted by Gasteiger charge is 2.28. The van der Waals surface area contributed by atoms with E-state index in [1.807, 2.05) is 24.3 Å². The molecule has 1 unspecified atom stereocenters. The first kappa shape index (κ1) is 9.39. The zero-order valence-corrected chi connectivity index (χ0v) is 8.76. The summed E-state index contributed by atoms with van der Waals surface area (Å²) in [5.41, 5.74) is 1.16. The molecule has 1 amide bonds. The van der Waals surface area contributed by atoms with Gasteiger partial charge in [-0.15, -0.1) is 0 Å². The summed E-state index contributed by atoms with van der Waals surface area (Å²) in [6.07, 6.45) is -0.0358. The lowest BCUT2D eigenvalue weighted by Crippen LogP contribution is -2.40. The van der Waals surface area contributed by atoms with E-state index in [9.17, 15) is 4.79 Å². The molecule has 4 nitrogen and oxygen atoms in total. The Labute approximate surface area is 92.5 Å². The van der Waals surface area contributed by atoms with E-state index < -0.39 is 6.09 Å². The monoisotopic (exact) mass is 216 g/mol. The summed E-state index contributed by atoms with van der Waals surface area (Å²) in [5, 5.41) is 11.1. The van der Waals surface area contributed by atoms with Gasteiger partial charge in [0.15, 0.2) is 0 Å². The Morgan fingerprint density at radius 2 is 2.25 bits per heavy atom. The minimum Gasteiger partial charge on any atom is -0.465 e. The standard InChI is InChI=1S/C12H12N2O2/c15-12(16)14-6-5-11-9(7-14)8-3-1-2-4-10(8)13-11/h1-4,11H,5-7H2,(H,15,16). The van der Waals surface area contributed by atoms with Crippen molar-refractivity contribution >= 4 is 11.7 Å². The predicted molar refractivity (Wildman–Crippen MR) is 58.6 cm³/mol. The number of carbonyl (C=O) groups is 1. The van der Waals surface area contributed by atoms with E-state index >= 15 is 0 Å². The number of amides is 1. The summed E-state index contributed by atoms with van der Waals surface area (Å²) in [7, 11) is 0. The number of piperidine rings is 1. The van der Waals surface area contributed by atoms with Gasteiger partial charge < -0.3 is 10.0 Å². The SMILES string of the molecule is O=C(O)N1CCC2N=c3ccccc3=C2C1. The van der Waals surface area contributed by atoms with Gasteiger partial charge in [-0.3, -0.25) is 4.99 Å². The average Bonchev–Trinajstić information content (AvgIpc) is 2.66. The summed E-state index contributed by atoms with van der Waals surface area (Å²) in [6.45, 7) is 1.08. The third kappa shape index (κ3) is 1.30. The average molecular weight is 216 g/mol. The Morgan fingerprint density at radius 3 is 3.06 bits per heavy atom. The van der Waals surface area contributed by atoms with E-state index in [-0.39, 0.29) is 6.04 Å². The lowest BCUT2D eigenvalue weighted by Gasteiger charge is -2.28. The fourth-order valence-electron chi connectivity index (χ4n) is 2.44. The molecule has 1 aromatic rings. The van der Waals surface area contributed by atoms with Crippen molar-refractivity contribution in [1.82, 2.24) is 4.90 Å². The number of rotatable bonds is 0. The summed E-state index contributed by atoms with van der Waals surface area (Å²) in [6, 6.07) is 8.16. The van der Waals surface area contributed by atoms with Gasteiger partial charge >= 0.3 is 6.09 Å². The number of carboxylic acid groups (broad SMARTS) is 1. The number of para-hydroxylation sites is 1. The van der Waals surface area contributed by atoms with Crippen molar-refractivity contribution in [3.63, 3.8) is 0 Å². The van der Waals surface area contributed by atoms with Gasteiger partial charge in [-0.25, -0.2) is 4.79 Å². The fraction of sp³-hybridized carbons (Fsp3) is 0.333. The van der Waals surface area contributed by atoms with E-state index in [4.69, 9.17) is 5.11 Å². The van der Waals surface area contributed by atoms with Crippen LogP contribution in [-0.4, -0.2) is 35.2 Å². The van der Waals surface area contributed by atoms with E-state index in [1.54, 1.807) is 0 Å². The van der Waals surface area contributed by atoms with E-state index in [0.717, 1.165) is 22.6 Å². The second-order valence-electron chi connectivity index (χ2n) is 4.18. The Hall–Kier alpha value is -1.84. The van der Waals surface area contributed by atoms with Crippen LogP contribution in [0.2, 0.25) is 0 Å². The molecule has 0 aliphatic carbocycles. The molecule has 1 fully saturated rings. The molecule has 0 bridgehead atoms. The third-order valence-corrected chi connectivity index (χ3v) is 3.25. The second-order valence-corrected chi connectivity index (χ2v) is 4.18. The van der Waals surface area contributed by atoms with Gasteiger partial charge in [-0.2, -0.15) is 0 Å². The number of likely N-dealkylation sites (tertiary alicyclic amines) is 1. The lowest BCUT2D eigenvalue weighted by atomic mass is 9.99. The summed E-state index contributed by atoms with van der Waals surface area (Å²) < 4.78 is 0. The first-order valence-electron chi connectivity index (χ1n) is 5.39. The molecule has 0 aromatic heterocycles. The molecule has 0 saturated carbocycles. The molecule has 0 radical (unpaired) electrons. The summed E-state index contributed by atoms with van der Waals surface area (Å²) in [4.78, 5) is 17.0. The molecule has 4 heteroatoms. The Bertz CT molecular complexity index is 565. The van der Waals surface area contributed by atoms with Crippen LogP contribution >= 0.6 is 0 Å². The van der Waals surface area contributed by atoms with Gasteiger partial charge in [-0.05, 0) is 18.1 Å². The van der Waals surface area contributed by atoms with Crippen molar-refractivity contribution in [2.75, 3.05) is 13.1 Å². The largest absolute Gasteiger partial charge is 0.465 e. The number of hydrogen-bond acceptors (Lipinski definition) is 2. The minimum atomic E-state index is -0.838. The molecule has 1 N–H and O–H groups in total. The first-order valence-corrected chi connectivity index (χ1v) is 5.39. The number of hydrogen-bond donors (Lipinski definition) is 1. The molecule has 16 heavy (non-hydrogen) atoms. The van der Waals surface area contributed by atoms with Crippen molar-refractivity contribution < 1.29 is 9.90 Å². The molecule has 1 aromatic carbocycles. The highest BCUT2D eigenvalue weighted by atomic mass is 16.4. The van der Waals surface area contributed by atoms with E-state index in [0.29, 0.717) is 13.1 Å². The Morgan fingerprint density at radius 1 is 1.44 bits per heavy atom. The van der Waals surface area contributed by atoms with Crippen LogP contribution < -0.4 is 10.6 Å². The maximum absolute atomic E-state index is 10.9. The molecule has 1 saturated heterocycles. The van der Waals surface area contributed by atoms with Gasteiger partial charge in [0.1, 0.15) is 0 Å². The van der Waals surface area contributed by atoms with Gasteiger partial charge in [0.25, 0.3) is 0 Å². The number of nitrogens with zero attached hydrogens (tertiary/aromatic N) is 2. The molecule has 82 valence electrons. The zero-order valence-electron chi connectivity index (χ0n) is 8.76. The van der Waals surface area contributed by atoms with Crippen molar-refractivity contribution in [3.8, 4) is 0 Å². The maximum Gasteiger partial charge on any atom is 0.407 e. The topological polar surface area (TPSA) is 52.9 Å².